The molecule has 1 aromatic heterocycles. The van der Waals surface area contributed by atoms with E-state index in [1.54, 1.807) is 27.7 Å². The molecule has 1 atom stereocenters. The first-order valence-corrected chi connectivity index (χ1v) is 9.08. The van der Waals surface area contributed by atoms with Crippen LogP contribution in [0.5, 0.6) is 0 Å². The Morgan fingerprint density at radius 1 is 1.11 bits per heavy atom. The monoisotopic (exact) mass is 396 g/mol. The lowest BCUT2D eigenvalue weighted by Gasteiger charge is -2.22. The lowest BCUT2D eigenvalue weighted by molar-refractivity contribution is -0.139. The Hall–Kier alpha value is -2.85. The molecule has 0 radical (unpaired) electrons. The third kappa shape index (κ3) is 10.3. The second-order valence-corrected chi connectivity index (χ2v) is 7.25. The molecule has 0 fully saturated rings. The van der Waals surface area contributed by atoms with Gasteiger partial charge >= 0.3 is 12.1 Å². The number of alkyl carbamates (subject to hydrolysis) is 1. The van der Waals surface area contributed by atoms with Crippen LogP contribution in [0.3, 0.4) is 0 Å². The maximum absolute atomic E-state index is 11.8. The Bertz CT molecular complexity index is 659. The topological polar surface area (TPSA) is 156 Å². The number of aromatic nitrogens is 4. The summed E-state index contributed by atoms with van der Waals surface area (Å²) in [5.74, 6) is -0.423. The van der Waals surface area contributed by atoms with Gasteiger partial charge in [0.05, 0.1) is 0 Å². The van der Waals surface area contributed by atoms with Gasteiger partial charge in [-0.2, -0.15) is 0 Å². The van der Waals surface area contributed by atoms with Gasteiger partial charge in [-0.25, -0.2) is 9.59 Å². The lowest BCUT2D eigenvalue weighted by atomic mass is 10.1. The van der Waals surface area contributed by atoms with Crippen LogP contribution in [0.1, 0.15) is 58.1 Å². The predicted molar refractivity (Wildman–Crippen MR) is 98.3 cm³/mol. The third-order valence-electron chi connectivity index (χ3n) is 3.43. The molecule has 1 rings (SSSR count). The molecule has 0 saturated heterocycles. The minimum atomic E-state index is -1.13. The van der Waals surface area contributed by atoms with Crippen LogP contribution >= 0.6 is 0 Å². The minimum absolute atomic E-state index is 0.161. The summed E-state index contributed by atoms with van der Waals surface area (Å²) in [6.07, 6.45) is 1.11. The summed E-state index contributed by atoms with van der Waals surface area (Å²) < 4.78 is 5.06. The minimum Gasteiger partial charge on any atom is -0.480 e. The van der Waals surface area contributed by atoms with Gasteiger partial charge < -0.3 is 20.5 Å². The maximum atomic E-state index is 11.8. The molecule has 0 unspecified atom stereocenters. The standard InChI is InChI=1S/C17H28N6O5/c1-11-20-22-13(23-21-11)8-9-14(24)18-10-6-5-7-12(15(25)26)19-16(27)28-17(2,3)4/h12H,5-10H2,1-4H3,(H,18,24)(H,19,27)(H,25,26)/t12-/m0/s1. The normalized spacial score (nSPS) is 12.1. The number of amides is 2. The van der Waals surface area contributed by atoms with Crippen LogP contribution in [0.4, 0.5) is 4.79 Å². The molecule has 3 N–H and O–H groups in total. The van der Waals surface area contributed by atoms with Crippen molar-refractivity contribution in [3.8, 4) is 0 Å². The highest BCUT2D eigenvalue weighted by Gasteiger charge is 2.23. The van der Waals surface area contributed by atoms with E-state index in [1.165, 1.54) is 0 Å². The van der Waals surface area contributed by atoms with Gasteiger partial charge in [0, 0.05) is 19.4 Å². The van der Waals surface area contributed by atoms with E-state index < -0.39 is 23.7 Å². The predicted octanol–water partition coefficient (Wildman–Crippen LogP) is 0.772. The summed E-state index contributed by atoms with van der Waals surface area (Å²) in [5, 5.41) is 29.5. The average Bonchev–Trinajstić information content (AvgIpc) is 2.58. The molecule has 0 aliphatic heterocycles. The molecule has 0 aromatic carbocycles. The number of nitrogens with one attached hydrogen (secondary N) is 2. The van der Waals surface area contributed by atoms with Gasteiger partial charge in [-0.3, -0.25) is 4.79 Å². The van der Waals surface area contributed by atoms with Gasteiger partial charge in [0.25, 0.3) is 0 Å². The number of carbonyl (C=O) groups is 3. The summed E-state index contributed by atoms with van der Waals surface area (Å²) >= 11 is 0. The zero-order valence-electron chi connectivity index (χ0n) is 16.7. The number of aliphatic carboxylic acids is 1. The zero-order valence-corrected chi connectivity index (χ0v) is 16.7. The molecule has 0 saturated carbocycles. The van der Waals surface area contributed by atoms with Crippen molar-refractivity contribution in [1.82, 2.24) is 31.0 Å². The highest BCUT2D eigenvalue weighted by Crippen LogP contribution is 2.08. The van der Waals surface area contributed by atoms with E-state index in [9.17, 15) is 19.5 Å². The van der Waals surface area contributed by atoms with E-state index in [1.807, 2.05) is 0 Å². The second-order valence-electron chi connectivity index (χ2n) is 7.25. The molecular formula is C17H28N6O5. The maximum Gasteiger partial charge on any atom is 0.408 e. The number of nitrogens with zero attached hydrogens (tertiary/aromatic N) is 4. The van der Waals surface area contributed by atoms with E-state index in [4.69, 9.17) is 4.74 Å². The number of hydrogen-bond donors (Lipinski definition) is 3. The first kappa shape index (κ1) is 23.2. The smallest absolute Gasteiger partial charge is 0.408 e. The molecule has 2 amide bonds. The average molecular weight is 396 g/mol. The van der Waals surface area contributed by atoms with Crippen molar-refractivity contribution in [3.05, 3.63) is 11.6 Å². The van der Waals surface area contributed by atoms with Crippen molar-refractivity contribution in [2.45, 2.75) is 71.4 Å². The lowest BCUT2D eigenvalue weighted by Crippen LogP contribution is -2.43. The van der Waals surface area contributed by atoms with E-state index >= 15 is 0 Å². The Balaban J connectivity index is 2.22. The van der Waals surface area contributed by atoms with Crippen molar-refractivity contribution < 1.29 is 24.2 Å². The largest absolute Gasteiger partial charge is 0.480 e. The van der Waals surface area contributed by atoms with Gasteiger partial charge in [0.1, 0.15) is 11.6 Å². The zero-order chi connectivity index (χ0) is 21.2. The van der Waals surface area contributed by atoms with Crippen LogP contribution in [-0.4, -0.2) is 61.7 Å². The summed E-state index contributed by atoms with van der Waals surface area (Å²) in [4.78, 5) is 34.7. The van der Waals surface area contributed by atoms with E-state index in [2.05, 4.69) is 31.0 Å². The van der Waals surface area contributed by atoms with Crippen LogP contribution in [0.2, 0.25) is 0 Å². The molecule has 156 valence electrons. The second kappa shape index (κ2) is 11.1. The van der Waals surface area contributed by atoms with Crippen molar-refractivity contribution in [3.63, 3.8) is 0 Å². The molecule has 1 aromatic rings. The quantitative estimate of drug-likeness (QED) is 0.486. The highest BCUT2D eigenvalue weighted by atomic mass is 16.6. The van der Waals surface area contributed by atoms with Crippen LogP contribution in [0.25, 0.3) is 0 Å². The van der Waals surface area contributed by atoms with Crippen LogP contribution in [0.15, 0.2) is 0 Å². The van der Waals surface area contributed by atoms with E-state index in [-0.39, 0.29) is 18.7 Å². The fraction of sp³-hybridized carbons (Fsp3) is 0.706. The Kier molecular flexibility index (Phi) is 9.19. The molecule has 0 bridgehead atoms. The fourth-order valence-electron chi connectivity index (χ4n) is 2.12. The molecule has 11 heteroatoms. The highest BCUT2D eigenvalue weighted by molar-refractivity contribution is 5.80. The number of aryl methyl sites for hydroxylation is 2. The molecular weight excluding hydrogens is 368 g/mol. The molecule has 0 spiro atoms. The van der Waals surface area contributed by atoms with Gasteiger partial charge in [0.15, 0.2) is 11.6 Å². The Morgan fingerprint density at radius 3 is 2.32 bits per heavy atom. The summed E-state index contributed by atoms with van der Waals surface area (Å²) in [7, 11) is 0. The first-order chi connectivity index (χ1) is 13.1. The fourth-order valence-corrected chi connectivity index (χ4v) is 2.12. The Labute approximate surface area is 163 Å². The van der Waals surface area contributed by atoms with E-state index in [0.717, 1.165) is 0 Å². The van der Waals surface area contributed by atoms with Crippen LogP contribution in [0, 0.1) is 6.92 Å². The first-order valence-electron chi connectivity index (χ1n) is 9.08. The number of carboxylic acids is 1. The number of unbranched alkanes of at least 4 members (excludes halogenated alkanes) is 1. The van der Waals surface area contributed by atoms with Crippen molar-refractivity contribution in [2.24, 2.45) is 0 Å². The molecule has 0 aliphatic carbocycles. The number of rotatable bonds is 10. The van der Waals surface area contributed by atoms with Gasteiger partial charge in [-0.1, -0.05) is 0 Å². The molecule has 11 nitrogen and oxygen atoms in total. The van der Waals surface area contributed by atoms with Crippen molar-refractivity contribution in [1.29, 1.82) is 0 Å². The number of carbonyl (C=O) groups excluding carboxylic acids is 2. The van der Waals surface area contributed by atoms with Crippen molar-refractivity contribution in [2.75, 3.05) is 6.54 Å². The third-order valence-corrected chi connectivity index (χ3v) is 3.43. The van der Waals surface area contributed by atoms with Gasteiger partial charge in [-0.15, -0.1) is 20.4 Å². The summed E-state index contributed by atoms with van der Waals surface area (Å²) in [6.45, 7) is 7.17. The van der Waals surface area contributed by atoms with Crippen LogP contribution < -0.4 is 10.6 Å². The molecule has 28 heavy (non-hydrogen) atoms. The Morgan fingerprint density at radius 2 is 1.75 bits per heavy atom. The number of ether oxygens (including phenoxy) is 1. The SMILES string of the molecule is Cc1nnc(CCC(=O)NCCCC[C@H](NC(=O)OC(C)(C)C)C(=O)O)nn1. The van der Waals surface area contributed by atoms with Gasteiger partial charge in [0.2, 0.25) is 5.91 Å². The van der Waals surface area contributed by atoms with Crippen molar-refractivity contribution >= 4 is 18.0 Å². The van der Waals surface area contributed by atoms with E-state index in [0.29, 0.717) is 37.5 Å². The summed E-state index contributed by atoms with van der Waals surface area (Å²) in [6, 6.07) is -1.04. The summed E-state index contributed by atoms with van der Waals surface area (Å²) in [5.41, 5.74) is -0.701. The molecule has 1 heterocycles. The van der Waals surface area contributed by atoms with Gasteiger partial charge in [-0.05, 0) is 47.0 Å². The number of carboxylic acid groups (broad SMARTS) is 1. The number of hydrogen-bond acceptors (Lipinski definition) is 8. The van der Waals surface area contributed by atoms with Crippen LogP contribution in [-0.2, 0) is 20.7 Å². The molecule has 0 aliphatic rings.